The molecule has 13 heavy (non-hydrogen) atoms. The van der Waals surface area contributed by atoms with Crippen molar-refractivity contribution in [3.63, 3.8) is 0 Å². The molecule has 1 aromatic rings. The molecule has 0 amide bonds. The molecule has 0 bridgehead atoms. The maximum atomic E-state index is 7.02. The van der Waals surface area contributed by atoms with E-state index in [1.165, 1.54) is 0 Å². The van der Waals surface area contributed by atoms with E-state index in [1.54, 1.807) is 6.92 Å². The molecule has 0 aliphatic heterocycles. The number of nitrogens with one attached hydrogen (secondary N) is 1. The summed E-state index contributed by atoms with van der Waals surface area (Å²) in [6.07, 6.45) is 0. The molecule has 0 atom stereocenters. The Labute approximate surface area is 77.5 Å². The molecule has 0 heterocycles. The van der Waals surface area contributed by atoms with E-state index in [2.05, 4.69) is 5.16 Å². The molecule has 0 saturated heterocycles. The van der Waals surface area contributed by atoms with Crippen LogP contribution < -0.4 is 0 Å². The molecule has 0 unspecified atom stereocenters. The van der Waals surface area contributed by atoms with Crippen LogP contribution in [0.5, 0.6) is 0 Å². The van der Waals surface area contributed by atoms with Crippen molar-refractivity contribution in [2.24, 2.45) is 5.16 Å². The van der Waals surface area contributed by atoms with Crippen molar-refractivity contribution in [2.75, 3.05) is 0 Å². The SMILES string of the molecule is CC(=N)O/N=C(\C)c1ccccc1. The van der Waals surface area contributed by atoms with Gasteiger partial charge >= 0.3 is 0 Å². The van der Waals surface area contributed by atoms with Crippen LogP contribution in [0.4, 0.5) is 0 Å². The van der Waals surface area contributed by atoms with Gasteiger partial charge in [-0.15, -0.1) is 0 Å². The topological polar surface area (TPSA) is 45.4 Å². The summed E-state index contributed by atoms with van der Waals surface area (Å²) in [5, 5.41) is 10.8. The Kier molecular flexibility index (Phi) is 3.20. The molecule has 3 nitrogen and oxygen atoms in total. The Morgan fingerprint density at radius 3 is 2.38 bits per heavy atom. The zero-order chi connectivity index (χ0) is 9.68. The molecule has 1 aromatic carbocycles. The monoisotopic (exact) mass is 176 g/mol. The molecule has 1 N–H and O–H groups in total. The highest BCUT2D eigenvalue weighted by Gasteiger charge is 1.95. The normalized spacial score (nSPS) is 11.1. The number of oxime groups is 1. The fourth-order valence-electron chi connectivity index (χ4n) is 0.869. The molecular formula is C10H12N2O. The Morgan fingerprint density at radius 1 is 1.23 bits per heavy atom. The summed E-state index contributed by atoms with van der Waals surface area (Å²) in [6, 6.07) is 9.71. The maximum absolute atomic E-state index is 7.02. The van der Waals surface area contributed by atoms with Crippen LogP contribution in [-0.4, -0.2) is 11.6 Å². The number of benzene rings is 1. The summed E-state index contributed by atoms with van der Waals surface area (Å²) in [5.41, 5.74) is 1.77. The van der Waals surface area contributed by atoms with E-state index < -0.39 is 0 Å². The highest BCUT2D eigenvalue weighted by molar-refractivity contribution is 5.98. The lowest BCUT2D eigenvalue weighted by molar-refractivity contribution is 0.322. The Bertz CT molecular complexity index is 317. The van der Waals surface area contributed by atoms with E-state index in [1.807, 2.05) is 37.3 Å². The molecular weight excluding hydrogens is 164 g/mol. The lowest BCUT2D eigenvalue weighted by Gasteiger charge is -1.99. The number of rotatable bonds is 2. The van der Waals surface area contributed by atoms with Gasteiger partial charge in [0.05, 0.1) is 5.71 Å². The van der Waals surface area contributed by atoms with E-state index in [9.17, 15) is 0 Å². The van der Waals surface area contributed by atoms with Crippen LogP contribution in [0.2, 0.25) is 0 Å². The third kappa shape index (κ3) is 3.07. The van der Waals surface area contributed by atoms with Crippen LogP contribution in [0.25, 0.3) is 0 Å². The van der Waals surface area contributed by atoms with Gasteiger partial charge in [-0.2, -0.15) is 0 Å². The van der Waals surface area contributed by atoms with Gasteiger partial charge in [0, 0.05) is 6.92 Å². The number of nitrogens with zero attached hydrogens (tertiary/aromatic N) is 1. The van der Waals surface area contributed by atoms with Crippen molar-refractivity contribution in [1.29, 1.82) is 5.41 Å². The third-order valence-electron chi connectivity index (χ3n) is 1.51. The van der Waals surface area contributed by atoms with Gasteiger partial charge in [-0.05, 0) is 12.5 Å². The van der Waals surface area contributed by atoms with E-state index >= 15 is 0 Å². The van der Waals surface area contributed by atoms with Gasteiger partial charge in [0.2, 0.25) is 5.90 Å². The summed E-state index contributed by atoms with van der Waals surface area (Å²) in [4.78, 5) is 4.73. The second-order valence-corrected chi connectivity index (χ2v) is 2.69. The summed E-state index contributed by atoms with van der Waals surface area (Å²) in [5.74, 6) is 0.0929. The smallest absolute Gasteiger partial charge is 0.214 e. The zero-order valence-corrected chi connectivity index (χ0v) is 7.74. The van der Waals surface area contributed by atoms with Gasteiger partial charge in [0.1, 0.15) is 0 Å². The lowest BCUT2D eigenvalue weighted by atomic mass is 10.1. The minimum atomic E-state index is 0.0929. The molecule has 0 radical (unpaired) electrons. The Hall–Kier alpha value is -1.64. The van der Waals surface area contributed by atoms with E-state index in [4.69, 9.17) is 10.2 Å². The average molecular weight is 176 g/mol. The molecule has 3 heteroatoms. The highest BCUT2D eigenvalue weighted by Crippen LogP contribution is 2.00. The first-order chi connectivity index (χ1) is 6.20. The first kappa shape index (κ1) is 9.45. The lowest BCUT2D eigenvalue weighted by Crippen LogP contribution is -1.98. The zero-order valence-electron chi connectivity index (χ0n) is 7.74. The Balaban J connectivity index is 2.73. The van der Waals surface area contributed by atoms with Crippen LogP contribution >= 0.6 is 0 Å². The van der Waals surface area contributed by atoms with Crippen molar-refractivity contribution in [2.45, 2.75) is 13.8 Å². The van der Waals surface area contributed by atoms with Crippen molar-refractivity contribution in [1.82, 2.24) is 0 Å². The summed E-state index contributed by atoms with van der Waals surface area (Å²) >= 11 is 0. The van der Waals surface area contributed by atoms with Crippen LogP contribution in [0.15, 0.2) is 35.5 Å². The molecule has 1 rings (SSSR count). The van der Waals surface area contributed by atoms with Crippen LogP contribution in [0.1, 0.15) is 19.4 Å². The van der Waals surface area contributed by atoms with Crippen molar-refractivity contribution in [3.05, 3.63) is 35.9 Å². The largest absolute Gasteiger partial charge is 0.342 e. The van der Waals surface area contributed by atoms with Crippen LogP contribution in [-0.2, 0) is 4.84 Å². The third-order valence-corrected chi connectivity index (χ3v) is 1.51. The Morgan fingerprint density at radius 2 is 1.85 bits per heavy atom. The molecule has 0 saturated carbocycles. The first-order valence-electron chi connectivity index (χ1n) is 4.02. The average Bonchev–Trinajstić information content (AvgIpc) is 2.15. The van der Waals surface area contributed by atoms with Gasteiger partial charge in [-0.25, -0.2) is 0 Å². The second-order valence-electron chi connectivity index (χ2n) is 2.69. The van der Waals surface area contributed by atoms with Gasteiger partial charge in [0.15, 0.2) is 0 Å². The maximum Gasteiger partial charge on any atom is 0.214 e. The summed E-state index contributed by atoms with van der Waals surface area (Å²) in [6.45, 7) is 3.39. The highest BCUT2D eigenvalue weighted by atomic mass is 16.6. The molecule has 0 spiro atoms. The fraction of sp³-hybridized carbons (Fsp3) is 0.200. The van der Waals surface area contributed by atoms with Crippen molar-refractivity contribution < 1.29 is 4.84 Å². The van der Waals surface area contributed by atoms with Crippen LogP contribution in [0, 0.1) is 5.41 Å². The molecule has 0 aliphatic rings. The van der Waals surface area contributed by atoms with Gasteiger partial charge in [-0.3, -0.25) is 5.41 Å². The standard InChI is InChI=1S/C10H12N2O/c1-8(12-13-9(2)11)10-6-4-3-5-7-10/h3-7,11H,1-2H3/b11-9?,12-8+. The molecule has 68 valence electrons. The van der Waals surface area contributed by atoms with E-state index in [0.29, 0.717) is 0 Å². The first-order valence-corrected chi connectivity index (χ1v) is 4.02. The predicted octanol–water partition coefficient (Wildman–Crippen LogP) is 2.42. The van der Waals surface area contributed by atoms with E-state index in [-0.39, 0.29) is 5.90 Å². The molecule has 0 fully saturated rings. The molecule has 0 aliphatic carbocycles. The quantitative estimate of drug-likeness (QED) is 0.420. The van der Waals surface area contributed by atoms with Crippen molar-refractivity contribution in [3.8, 4) is 0 Å². The summed E-state index contributed by atoms with van der Waals surface area (Å²) < 4.78 is 0. The number of hydrogen-bond donors (Lipinski definition) is 1. The van der Waals surface area contributed by atoms with Gasteiger partial charge < -0.3 is 4.84 Å². The molecule has 0 aromatic heterocycles. The summed E-state index contributed by atoms with van der Waals surface area (Å²) in [7, 11) is 0. The van der Waals surface area contributed by atoms with Gasteiger partial charge in [0.25, 0.3) is 0 Å². The fourth-order valence-corrected chi connectivity index (χ4v) is 0.869. The second kappa shape index (κ2) is 4.40. The van der Waals surface area contributed by atoms with Crippen LogP contribution in [0.3, 0.4) is 0 Å². The predicted molar refractivity (Wildman–Crippen MR) is 53.1 cm³/mol. The van der Waals surface area contributed by atoms with E-state index in [0.717, 1.165) is 11.3 Å². The van der Waals surface area contributed by atoms with Gasteiger partial charge in [-0.1, -0.05) is 35.5 Å². The number of hydrogen-bond acceptors (Lipinski definition) is 3. The van der Waals surface area contributed by atoms with Crippen molar-refractivity contribution >= 4 is 11.6 Å². The minimum Gasteiger partial charge on any atom is -0.342 e. The minimum absolute atomic E-state index is 0.0929.